The van der Waals surface area contributed by atoms with Crippen molar-refractivity contribution >= 4 is 29.0 Å². The van der Waals surface area contributed by atoms with Gasteiger partial charge in [-0.05, 0) is 59.7 Å². The van der Waals surface area contributed by atoms with Gasteiger partial charge in [-0.25, -0.2) is 0 Å². The van der Waals surface area contributed by atoms with Gasteiger partial charge in [-0.1, -0.05) is 0 Å². The number of nitro groups is 1. The highest BCUT2D eigenvalue weighted by atomic mass is 32.2. The number of hydrogen-bond donors (Lipinski definition) is 0. The number of rotatable bonds is 8. The van der Waals surface area contributed by atoms with Crippen molar-refractivity contribution in [3.05, 3.63) is 64.2 Å². The van der Waals surface area contributed by atoms with Crippen LogP contribution in [0.3, 0.4) is 0 Å². The first-order chi connectivity index (χ1) is 13.6. The van der Waals surface area contributed by atoms with E-state index in [2.05, 4.69) is 10.4 Å². The van der Waals surface area contributed by atoms with E-state index < -0.39 is 4.92 Å². The minimum atomic E-state index is -0.454. The Balaban J connectivity index is 1.53. The molecule has 0 radical (unpaired) electrons. The topological polar surface area (TPSA) is 98.3 Å². The van der Waals surface area contributed by atoms with E-state index in [4.69, 9.17) is 9.47 Å². The second-order valence-corrected chi connectivity index (χ2v) is 7.05. The first-order valence-electron chi connectivity index (χ1n) is 8.16. The number of aromatic nitrogens is 1. The molecule has 3 aromatic rings. The molecule has 0 bridgehead atoms. The zero-order valence-corrected chi connectivity index (χ0v) is 16.5. The molecule has 1 aromatic heterocycles. The minimum Gasteiger partial charge on any atom is -0.490 e. The molecule has 1 heterocycles. The highest BCUT2D eigenvalue weighted by Crippen LogP contribution is 2.34. The lowest BCUT2D eigenvalue weighted by atomic mass is 10.1. The van der Waals surface area contributed by atoms with E-state index in [1.165, 1.54) is 35.4 Å². The van der Waals surface area contributed by atoms with Crippen LogP contribution in [-0.2, 0) is 0 Å². The van der Waals surface area contributed by atoms with Crippen LogP contribution in [0.15, 0.2) is 53.6 Å². The van der Waals surface area contributed by atoms with E-state index in [0.29, 0.717) is 30.3 Å². The third-order valence-corrected chi connectivity index (χ3v) is 5.44. The summed E-state index contributed by atoms with van der Waals surface area (Å²) < 4.78 is 15.5. The van der Waals surface area contributed by atoms with Gasteiger partial charge in [0.2, 0.25) is 0 Å². The molecule has 28 heavy (non-hydrogen) atoms. The molecule has 142 valence electrons. The number of benzene rings is 2. The third-order valence-electron chi connectivity index (χ3n) is 3.75. The van der Waals surface area contributed by atoms with E-state index in [0.717, 1.165) is 15.5 Å². The summed E-state index contributed by atoms with van der Waals surface area (Å²) in [5.41, 5.74) is 1.54. The summed E-state index contributed by atoms with van der Waals surface area (Å²) in [6.07, 6.45) is 1.90. The van der Waals surface area contributed by atoms with Crippen LogP contribution in [0.5, 0.6) is 11.5 Å². The van der Waals surface area contributed by atoms with Crippen LogP contribution >= 0.6 is 23.3 Å². The zero-order valence-electron chi connectivity index (χ0n) is 14.8. The Kier molecular flexibility index (Phi) is 6.47. The molecule has 0 saturated carbocycles. The molecule has 0 spiro atoms. The molecule has 0 aliphatic carbocycles. The van der Waals surface area contributed by atoms with Crippen LogP contribution in [0.4, 0.5) is 5.69 Å². The fourth-order valence-electron chi connectivity index (χ4n) is 2.40. The molecule has 2 aromatic carbocycles. The van der Waals surface area contributed by atoms with E-state index in [1.807, 2.05) is 30.5 Å². The number of hydrogen-bond acceptors (Lipinski definition) is 8. The Labute approximate surface area is 169 Å². The van der Waals surface area contributed by atoms with Crippen LogP contribution < -0.4 is 9.47 Å². The minimum absolute atomic E-state index is 0.0221. The average molecular weight is 413 g/mol. The van der Waals surface area contributed by atoms with Gasteiger partial charge in [0.1, 0.15) is 41.4 Å². The molecule has 3 rings (SSSR count). The van der Waals surface area contributed by atoms with E-state index >= 15 is 0 Å². The van der Waals surface area contributed by atoms with Crippen molar-refractivity contribution in [3.63, 3.8) is 0 Å². The molecule has 0 fully saturated rings. The van der Waals surface area contributed by atoms with Gasteiger partial charge in [0.05, 0.1) is 9.80 Å². The number of thioether (sulfide) groups is 1. The number of ether oxygens (including phenoxy) is 2. The van der Waals surface area contributed by atoms with Crippen molar-refractivity contribution in [2.24, 2.45) is 0 Å². The van der Waals surface area contributed by atoms with Gasteiger partial charge < -0.3 is 9.47 Å². The monoisotopic (exact) mass is 413 g/mol. The van der Waals surface area contributed by atoms with Crippen molar-refractivity contribution in [3.8, 4) is 28.0 Å². The molecular weight excluding hydrogens is 398 g/mol. The summed E-state index contributed by atoms with van der Waals surface area (Å²) in [5, 5.41) is 20.7. The summed E-state index contributed by atoms with van der Waals surface area (Å²) in [7, 11) is 0. The fourth-order valence-corrected chi connectivity index (χ4v) is 3.96. The first kappa shape index (κ1) is 19.7. The Hall–Kier alpha value is -3.09. The Morgan fingerprint density at radius 2 is 1.68 bits per heavy atom. The molecule has 0 N–H and O–H groups in total. The van der Waals surface area contributed by atoms with Gasteiger partial charge >= 0.3 is 0 Å². The van der Waals surface area contributed by atoms with Crippen LogP contribution in [0.2, 0.25) is 0 Å². The molecule has 0 atom stereocenters. The van der Waals surface area contributed by atoms with Crippen molar-refractivity contribution in [1.29, 1.82) is 5.26 Å². The number of nitro benzene ring substituents is 1. The number of non-ortho nitro benzene ring substituents is 1. The van der Waals surface area contributed by atoms with Crippen LogP contribution in [0, 0.1) is 21.4 Å². The maximum Gasteiger partial charge on any atom is 0.269 e. The largest absolute Gasteiger partial charge is 0.490 e. The van der Waals surface area contributed by atoms with Gasteiger partial charge in [0.25, 0.3) is 5.69 Å². The Morgan fingerprint density at radius 3 is 2.18 bits per heavy atom. The van der Waals surface area contributed by atoms with Gasteiger partial charge in [-0.2, -0.15) is 9.64 Å². The van der Waals surface area contributed by atoms with E-state index in [-0.39, 0.29) is 5.69 Å². The Morgan fingerprint density at radius 1 is 1.11 bits per heavy atom. The fraction of sp³-hybridized carbons (Fsp3) is 0.158. The number of nitrogens with zero attached hydrogens (tertiary/aromatic N) is 3. The lowest BCUT2D eigenvalue weighted by Crippen LogP contribution is -2.08. The highest BCUT2D eigenvalue weighted by molar-refractivity contribution is 7.98. The quantitative estimate of drug-likeness (QED) is 0.227. The van der Waals surface area contributed by atoms with Crippen molar-refractivity contribution in [2.45, 2.75) is 5.03 Å². The molecular formula is C19H15N3O4S2. The van der Waals surface area contributed by atoms with Crippen molar-refractivity contribution in [1.82, 2.24) is 4.37 Å². The second-order valence-electron chi connectivity index (χ2n) is 5.48. The molecule has 0 unspecified atom stereocenters. The molecule has 0 aliphatic heterocycles. The molecule has 0 aliphatic rings. The maximum atomic E-state index is 10.6. The van der Waals surface area contributed by atoms with E-state index in [1.54, 1.807) is 12.1 Å². The lowest BCUT2D eigenvalue weighted by molar-refractivity contribution is -0.384. The maximum absolute atomic E-state index is 10.6. The molecule has 7 nitrogen and oxygen atoms in total. The van der Waals surface area contributed by atoms with Crippen LogP contribution in [-0.4, -0.2) is 28.8 Å². The summed E-state index contributed by atoms with van der Waals surface area (Å²) in [6.45, 7) is 0.640. The lowest BCUT2D eigenvalue weighted by Gasteiger charge is -2.09. The Bertz CT molecular complexity index is 996. The molecule has 0 amide bonds. The van der Waals surface area contributed by atoms with Gasteiger partial charge in [0, 0.05) is 12.1 Å². The predicted molar refractivity (Wildman–Crippen MR) is 108 cm³/mol. The second kappa shape index (κ2) is 9.21. The normalized spacial score (nSPS) is 10.3. The van der Waals surface area contributed by atoms with Crippen LogP contribution in [0.25, 0.3) is 10.4 Å². The standard InChI is InChI=1S/C19H15N3O4S2/c1-27-19-17(12-20)18(28-21-19)13-2-6-15(7-3-13)25-10-11-26-16-8-4-14(5-9-16)22(23)24/h2-9H,10-11H2,1H3. The predicted octanol–water partition coefficient (Wildman–Crippen LogP) is 4.77. The van der Waals surface area contributed by atoms with Gasteiger partial charge in [-0.15, -0.1) is 11.8 Å². The summed E-state index contributed by atoms with van der Waals surface area (Å²) in [4.78, 5) is 11.0. The summed E-state index contributed by atoms with van der Waals surface area (Å²) in [6, 6.07) is 15.6. The van der Waals surface area contributed by atoms with Crippen LogP contribution in [0.1, 0.15) is 5.56 Å². The number of nitriles is 1. The van der Waals surface area contributed by atoms with Gasteiger partial charge in [0.15, 0.2) is 0 Å². The first-order valence-corrected chi connectivity index (χ1v) is 10.2. The third kappa shape index (κ3) is 4.60. The molecule has 9 heteroatoms. The summed E-state index contributed by atoms with van der Waals surface area (Å²) in [5.74, 6) is 1.23. The van der Waals surface area contributed by atoms with E-state index in [9.17, 15) is 15.4 Å². The average Bonchev–Trinajstić information content (AvgIpc) is 3.15. The van der Waals surface area contributed by atoms with Crippen molar-refractivity contribution < 1.29 is 14.4 Å². The highest BCUT2D eigenvalue weighted by Gasteiger charge is 2.14. The molecule has 0 saturated heterocycles. The van der Waals surface area contributed by atoms with Crippen molar-refractivity contribution in [2.75, 3.05) is 19.5 Å². The zero-order chi connectivity index (χ0) is 19.9. The smallest absolute Gasteiger partial charge is 0.269 e. The SMILES string of the molecule is CSc1nsc(-c2ccc(OCCOc3ccc([N+](=O)[O-])cc3)cc2)c1C#N. The summed E-state index contributed by atoms with van der Waals surface area (Å²) >= 11 is 2.77. The van der Waals surface area contributed by atoms with Gasteiger partial charge in [-0.3, -0.25) is 10.1 Å².